The van der Waals surface area contributed by atoms with E-state index in [4.69, 9.17) is 4.74 Å². The number of carbonyl (C=O) groups excluding carboxylic acids is 1. The Morgan fingerprint density at radius 1 is 1.06 bits per heavy atom. The van der Waals surface area contributed by atoms with E-state index in [0.29, 0.717) is 12.1 Å². The van der Waals surface area contributed by atoms with Crippen LogP contribution in [-0.2, 0) is 25.9 Å². The van der Waals surface area contributed by atoms with Crippen molar-refractivity contribution < 1.29 is 17.9 Å². The highest BCUT2D eigenvalue weighted by molar-refractivity contribution is 7.94. The summed E-state index contributed by atoms with van der Waals surface area (Å²) in [5.41, 5.74) is 4.44. The number of rotatable bonds is 6. The highest BCUT2D eigenvalue weighted by Gasteiger charge is 2.46. The largest absolute Gasteiger partial charge is 0.380 e. The summed E-state index contributed by atoms with van der Waals surface area (Å²) in [5.74, 6) is -0.431. The van der Waals surface area contributed by atoms with Crippen LogP contribution >= 0.6 is 0 Å². The van der Waals surface area contributed by atoms with Crippen LogP contribution < -0.4 is 16.0 Å². The first-order valence-electron chi connectivity index (χ1n) is 10.4. The van der Waals surface area contributed by atoms with Gasteiger partial charge in [0.15, 0.2) is 16.1 Å². The van der Waals surface area contributed by atoms with Crippen molar-refractivity contribution in [2.75, 3.05) is 11.1 Å². The number of allylic oxidation sites excluding steroid dienone is 2. The van der Waals surface area contributed by atoms with Gasteiger partial charge in [0.25, 0.3) is 5.91 Å². The number of anilines is 1. The summed E-state index contributed by atoms with van der Waals surface area (Å²) in [6, 6.07) is 17.6. The van der Waals surface area contributed by atoms with Crippen LogP contribution in [-0.4, -0.2) is 38.5 Å². The number of para-hydroxylation sites is 1. The molecule has 3 N–H and O–H groups in total. The molecule has 3 atom stereocenters. The Bertz CT molecular complexity index is 1230. The predicted molar refractivity (Wildman–Crippen MR) is 123 cm³/mol. The molecule has 8 heteroatoms. The van der Waals surface area contributed by atoms with E-state index in [0.717, 1.165) is 22.4 Å². The highest BCUT2D eigenvalue weighted by atomic mass is 32.2. The van der Waals surface area contributed by atoms with Crippen molar-refractivity contribution in [3.05, 3.63) is 94.9 Å². The molecule has 7 nitrogen and oxygen atoms in total. The number of hydrogen-bond acceptors (Lipinski definition) is 6. The summed E-state index contributed by atoms with van der Waals surface area (Å²) in [5, 5.41) is 10.8. The smallest absolute Gasteiger partial charge is 0.250 e. The fourth-order valence-corrected chi connectivity index (χ4v) is 5.12. The van der Waals surface area contributed by atoms with Crippen LogP contribution in [0, 0.1) is 0 Å². The Morgan fingerprint density at radius 3 is 2.62 bits per heavy atom. The predicted octanol–water partition coefficient (Wildman–Crippen LogP) is 2.32. The maximum absolute atomic E-state index is 12.8. The van der Waals surface area contributed by atoms with Crippen LogP contribution in [0.2, 0.25) is 0 Å². The molecule has 3 aliphatic rings. The number of amides is 1. The van der Waals surface area contributed by atoms with Crippen LogP contribution in [0.3, 0.4) is 0 Å². The monoisotopic (exact) mass is 449 g/mol. The number of carbonyl (C=O) groups is 1. The number of ether oxygens (including phenoxy) is 1. The number of hydrogen-bond donors (Lipinski definition) is 3. The van der Waals surface area contributed by atoms with E-state index in [9.17, 15) is 13.2 Å². The maximum atomic E-state index is 12.8. The zero-order valence-corrected chi connectivity index (χ0v) is 18.0. The molecular formula is C24H23N3O4S. The lowest BCUT2D eigenvalue weighted by Crippen LogP contribution is -2.37. The van der Waals surface area contributed by atoms with Crippen LogP contribution in [0.5, 0.6) is 0 Å². The Morgan fingerprint density at radius 2 is 1.84 bits per heavy atom. The van der Waals surface area contributed by atoms with Gasteiger partial charge in [-0.1, -0.05) is 48.5 Å². The van der Waals surface area contributed by atoms with Gasteiger partial charge in [-0.05, 0) is 29.9 Å². The third-order valence-electron chi connectivity index (χ3n) is 5.58. The molecule has 0 spiro atoms. The molecule has 0 radical (unpaired) electrons. The minimum absolute atomic E-state index is 0.110. The van der Waals surface area contributed by atoms with E-state index in [1.54, 1.807) is 6.08 Å². The first-order valence-corrected chi connectivity index (χ1v) is 12.1. The van der Waals surface area contributed by atoms with Crippen molar-refractivity contribution >= 4 is 27.1 Å². The first kappa shape index (κ1) is 20.5. The third kappa shape index (κ3) is 4.46. The van der Waals surface area contributed by atoms with Crippen molar-refractivity contribution in [3.63, 3.8) is 0 Å². The van der Waals surface area contributed by atoms with Crippen LogP contribution in [0.15, 0.2) is 83.8 Å². The molecule has 2 aromatic carbocycles. The van der Waals surface area contributed by atoms with Gasteiger partial charge in [0.05, 0.1) is 17.4 Å². The first-order chi connectivity index (χ1) is 15.5. The van der Waals surface area contributed by atoms with E-state index >= 15 is 0 Å². The molecule has 164 valence electrons. The number of benzene rings is 2. The quantitative estimate of drug-likeness (QED) is 0.586. The summed E-state index contributed by atoms with van der Waals surface area (Å²) >= 11 is 0. The fourth-order valence-electron chi connectivity index (χ4n) is 3.88. The number of epoxide rings is 1. The van der Waals surface area contributed by atoms with Gasteiger partial charge in [0, 0.05) is 28.9 Å². The van der Waals surface area contributed by atoms with Crippen molar-refractivity contribution in [2.45, 2.75) is 24.9 Å². The Hall–Kier alpha value is -3.36. The summed E-state index contributed by atoms with van der Waals surface area (Å²) in [7, 11) is -3.23. The lowest BCUT2D eigenvalue weighted by Gasteiger charge is -2.15. The third-order valence-corrected chi connectivity index (χ3v) is 6.97. The second kappa shape index (κ2) is 8.29. The van der Waals surface area contributed by atoms with Gasteiger partial charge >= 0.3 is 0 Å². The molecule has 3 aliphatic heterocycles. The van der Waals surface area contributed by atoms with Crippen molar-refractivity contribution in [3.8, 4) is 0 Å². The van der Waals surface area contributed by atoms with Gasteiger partial charge < -0.3 is 20.7 Å². The molecule has 0 saturated carbocycles. The molecule has 0 aliphatic carbocycles. The van der Waals surface area contributed by atoms with Crippen LogP contribution in [0.1, 0.15) is 11.1 Å². The molecule has 0 bridgehead atoms. The van der Waals surface area contributed by atoms with Crippen molar-refractivity contribution in [1.29, 1.82) is 0 Å². The molecule has 5 rings (SSSR count). The summed E-state index contributed by atoms with van der Waals surface area (Å²) in [6.45, 7) is 0.689. The molecule has 2 unspecified atom stereocenters. The molecule has 32 heavy (non-hydrogen) atoms. The minimum Gasteiger partial charge on any atom is -0.380 e. The maximum Gasteiger partial charge on any atom is 0.250 e. The van der Waals surface area contributed by atoms with Crippen molar-refractivity contribution in [2.24, 2.45) is 0 Å². The van der Waals surface area contributed by atoms with Gasteiger partial charge in [0.2, 0.25) is 0 Å². The molecule has 2 aromatic rings. The second-order valence-corrected chi connectivity index (χ2v) is 9.88. The summed E-state index contributed by atoms with van der Waals surface area (Å²) in [6.07, 6.45) is 4.45. The normalized spacial score (nSPS) is 24.9. The lowest BCUT2D eigenvalue weighted by molar-refractivity contribution is -0.118. The van der Waals surface area contributed by atoms with E-state index in [1.807, 2.05) is 48.5 Å². The topological polar surface area (TPSA) is 99.8 Å². The van der Waals surface area contributed by atoms with E-state index < -0.39 is 15.9 Å². The number of nitrogens with one attached hydrogen (secondary N) is 3. The number of fused-ring (bicyclic) bond motifs is 1. The minimum atomic E-state index is -3.23. The molecule has 1 saturated heterocycles. The highest BCUT2D eigenvalue weighted by Crippen LogP contribution is 2.34. The van der Waals surface area contributed by atoms with E-state index in [-0.39, 0.29) is 24.0 Å². The van der Waals surface area contributed by atoms with E-state index in [2.05, 4.69) is 28.1 Å². The van der Waals surface area contributed by atoms with Crippen LogP contribution in [0.4, 0.5) is 5.69 Å². The molecule has 1 amide bonds. The summed E-state index contributed by atoms with van der Waals surface area (Å²) < 4.78 is 28.9. The standard InChI is InChI=1S/C24H23N3O4S/c28-23(26-17-12-13-32(29,30)15-17)19-10-11-21(27-24-22(19)31-24)18-8-4-5-9-20(18)25-14-16-6-2-1-3-7-16/h1-13,17,22,24-25,27H,14-15H2,(H,26,28)/t17-,22?,24?/m1/s1. The Balaban J connectivity index is 1.34. The lowest BCUT2D eigenvalue weighted by atomic mass is 10.1. The van der Waals surface area contributed by atoms with Gasteiger partial charge in [-0.3, -0.25) is 4.79 Å². The van der Waals surface area contributed by atoms with Crippen molar-refractivity contribution in [1.82, 2.24) is 10.6 Å². The SMILES string of the molecule is O=C(N[C@@H]1C=CS(=O)(=O)C1)C1=CC=C(c2ccccc2NCc2ccccc2)NC2OC12. The average Bonchev–Trinajstić information content (AvgIpc) is 3.48. The number of sulfone groups is 1. The zero-order valence-electron chi connectivity index (χ0n) is 17.2. The van der Waals surface area contributed by atoms with Gasteiger partial charge in [-0.15, -0.1) is 0 Å². The Labute approximate surface area is 186 Å². The van der Waals surface area contributed by atoms with Gasteiger partial charge in [-0.2, -0.15) is 0 Å². The molecule has 3 heterocycles. The molecule has 1 fully saturated rings. The van der Waals surface area contributed by atoms with Crippen LogP contribution in [0.25, 0.3) is 5.70 Å². The Kier molecular flexibility index (Phi) is 5.32. The fraction of sp³-hybridized carbons (Fsp3) is 0.208. The molecule has 0 aromatic heterocycles. The average molecular weight is 450 g/mol. The second-order valence-electron chi connectivity index (χ2n) is 7.95. The van der Waals surface area contributed by atoms with E-state index in [1.165, 1.54) is 11.6 Å². The van der Waals surface area contributed by atoms with Gasteiger partial charge in [0.1, 0.15) is 6.10 Å². The molecular weight excluding hydrogens is 426 g/mol. The van der Waals surface area contributed by atoms with Gasteiger partial charge in [-0.25, -0.2) is 8.42 Å². The zero-order chi connectivity index (χ0) is 22.1. The summed E-state index contributed by atoms with van der Waals surface area (Å²) in [4.78, 5) is 12.8.